The quantitative estimate of drug-likeness (QED) is 0.0784. The van der Waals surface area contributed by atoms with Gasteiger partial charge in [-0.25, -0.2) is 44.9 Å². The van der Waals surface area contributed by atoms with E-state index in [1.165, 1.54) is 66.8 Å². The molecule has 2 aliphatic rings. The molecule has 147 heavy (non-hydrogen) atoms. The average Bonchev–Trinajstić information content (AvgIpc) is 1.67. The van der Waals surface area contributed by atoms with Crippen LogP contribution in [0.1, 0.15) is 87.1 Å². The van der Waals surface area contributed by atoms with E-state index in [0.717, 1.165) is 113 Å². The lowest BCUT2D eigenvalue weighted by Gasteiger charge is -2.22. The third kappa shape index (κ3) is 22.7. The predicted molar refractivity (Wildman–Crippen MR) is 602 cm³/mol. The fourth-order valence-corrected chi connectivity index (χ4v) is 19.4. The molecule has 0 aliphatic heterocycles. The maximum absolute atomic E-state index is 6.48. The zero-order valence-electron chi connectivity index (χ0n) is 83.8. The molecule has 0 amide bonds. The smallest absolute Gasteiger partial charge is 0.229 e. The molecule has 23 rings (SSSR count). The molecule has 0 radical (unpaired) electrons. The summed E-state index contributed by atoms with van der Waals surface area (Å²) in [5.41, 5.74) is 34.3. The van der Waals surface area contributed by atoms with E-state index in [9.17, 15) is 0 Å². The summed E-state index contributed by atoms with van der Waals surface area (Å²) in [5, 5.41) is 0.696. The molecule has 0 bridgehead atoms. The van der Waals surface area contributed by atoms with Gasteiger partial charge in [-0.2, -0.15) is 29.9 Å². The van der Waals surface area contributed by atoms with Crippen molar-refractivity contribution in [3.63, 3.8) is 0 Å². The highest BCUT2D eigenvalue weighted by molar-refractivity contribution is 6.29. The monoisotopic (exact) mass is 1970 g/mol. The van der Waals surface area contributed by atoms with Crippen LogP contribution in [0.4, 0.5) is 11.9 Å². The van der Waals surface area contributed by atoms with Crippen molar-refractivity contribution >= 4 is 46.7 Å². The van der Waals surface area contributed by atoms with Gasteiger partial charge in [-0.3, -0.25) is 0 Å². The van der Waals surface area contributed by atoms with Gasteiger partial charge in [0.25, 0.3) is 0 Å². The minimum atomic E-state index is -0.0951. The molecule has 0 saturated carbocycles. The molecule has 0 fully saturated rings. The van der Waals surface area contributed by atoms with Crippen LogP contribution in [-0.2, 0) is 10.8 Å². The Labute approximate surface area is 873 Å². The topological polar surface area (TPSA) is 200 Å². The van der Waals surface area contributed by atoms with E-state index in [2.05, 4.69) is 445 Å². The zero-order chi connectivity index (χ0) is 102. The molecule has 21 aromatic rings. The Morgan fingerprint density at radius 3 is 0.735 bits per heavy atom. The van der Waals surface area contributed by atoms with Crippen molar-refractivity contribution in [3.8, 4) is 180 Å². The third-order valence-corrected chi connectivity index (χ3v) is 26.8. The third-order valence-electron chi connectivity index (χ3n) is 26.3. The van der Waals surface area contributed by atoms with Gasteiger partial charge < -0.3 is 9.80 Å². The van der Waals surface area contributed by atoms with Gasteiger partial charge in [0, 0.05) is 71.4 Å². The lowest BCUT2D eigenvalue weighted by molar-refractivity contribution is 0.660. The first-order chi connectivity index (χ1) is 71.4. The number of halogens is 3. The Balaban J connectivity index is 0.000000125. The van der Waals surface area contributed by atoms with Gasteiger partial charge in [-0.15, -0.1) is 0 Å². The number of hydrogen-bond donors (Lipinski definition) is 0. The Bertz CT molecular complexity index is 7750. The van der Waals surface area contributed by atoms with Gasteiger partial charge in [0.15, 0.2) is 34.9 Å². The van der Waals surface area contributed by atoms with Crippen molar-refractivity contribution in [2.75, 3.05) is 37.0 Å². The van der Waals surface area contributed by atoms with Gasteiger partial charge in [-0.05, 0) is 283 Å². The first-order valence-corrected chi connectivity index (χ1v) is 50.1. The summed E-state index contributed by atoms with van der Waals surface area (Å²) in [6.45, 7) is 22.4. The van der Waals surface area contributed by atoms with Crippen molar-refractivity contribution in [1.82, 2.24) is 74.8 Å². The van der Waals surface area contributed by atoms with Crippen LogP contribution < -0.4 is 9.80 Å². The summed E-state index contributed by atoms with van der Waals surface area (Å²) < 4.78 is 0. The summed E-state index contributed by atoms with van der Waals surface area (Å²) in [6.07, 6.45) is 0. The van der Waals surface area contributed by atoms with Crippen molar-refractivity contribution in [2.24, 2.45) is 0 Å². The van der Waals surface area contributed by atoms with E-state index in [-0.39, 0.29) is 26.7 Å². The number of rotatable bonds is 18. The molecule has 2 aliphatic carbocycles. The molecule has 0 unspecified atom stereocenters. The van der Waals surface area contributed by atoms with E-state index in [4.69, 9.17) is 69.7 Å². The normalized spacial score (nSPS) is 11.9. The van der Waals surface area contributed by atoms with Crippen LogP contribution in [0, 0.1) is 27.7 Å². The Hall–Kier alpha value is -17.0. The molecule has 5 heterocycles. The number of fused-ring (bicyclic) bond motifs is 6. The molecule has 0 spiro atoms. The van der Waals surface area contributed by atoms with Gasteiger partial charge in [0.1, 0.15) is 23.3 Å². The molecule has 720 valence electrons. The molecule has 17 nitrogen and oxygen atoms in total. The minimum absolute atomic E-state index is 0.0951. The molecule has 0 atom stereocenters. The first kappa shape index (κ1) is 98.8. The summed E-state index contributed by atoms with van der Waals surface area (Å²) >= 11 is 17.8. The fraction of sp³-hybridized carbons (Fsp3) is 0.126. The van der Waals surface area contributed by atoms with E-state index >= 15 is 0 Å². The average molecular weight is 1980 g/mol. The van der Waals surface area contributed by atoms with E-state index in [1.807, 2.05) is 69.2 Å². The summed E-state index contributed by atoms with van der Waals surface area (Å²) in [6, 6.07) is 140. The zero-order valence-corrected chi connectivity index (χ0v) is 86.0. The van der Waals surface area contributed by atoms with Crippen molar-refractivity contribution in [1.29, 1.82) is 0 Å². The second-order valence-corrected chi connectivity index (χ2v) is 38.3. The second-order valence-electron chi connectivity index (χ2n) is 37.3. The largest absolute Gasteiger partial charge is 0.347 e. The van der Waals surface area contributed by atoms with Crippen molar-refractivity contribution < 1.29 is 0 Å². The second kappa shape index (κ2) is 44.1. The lowest BCUT2D eigenvalue weighted by atomic mass is 9.82. The molecule has 0 N–H and O–H groups in total. The summed E-state index contributed by atoms with van der Waals surface area (Å²) in [5.74, 6) is 7.72. The highest BCUT2D eigenvalue weighted by atomic mass is 35.5. The molecular formula is C127H106Cl3N17. The number of aryl methyl sites for hydroxylation is 4. The molecule has 20 heteroatoms. The number of benzene rings is 16. The maximum Gasteiger partial charge on any atom is 0.229 e. The van der Waals surface area contributed by atoms with E-state index in [0.29, 0.717) is 70.1 Å². The Kier molecular flexibility index (Phi) is 29.6. The van der Waals surface area contributed by atoms with Gasteiger partial charge in [0.2, 0.25) is 27.7 Å². The Morgan fingerprint density at radius 2 is 0.415 bits per heavy atom. The van der Waals surface area contributed by atoms with Crippen molar-refractivity contribution in [3.05, 3.63) is 462 Å². The van der Waals surface area contributed by atoms with Crippen LogP contribution >= 0.6 is 34.8 Å². The molecule has 0 saturated heterocycles. The SMILES string of the molecule is CC1(C)c2ccccc2-c2ccc(-c3nc(Cl)nc(-c4ccc5c(c4)C(C)(C)c4ccccc4-5)n3)cc21.CCN(CC)c1nc(C)nc(Cl)n1.Cc1nc(-c2cc(-c3ccccc3)cc(-c3ccccc3)c2)nc(-c2cc(-c3ccccc3)cc(-c3ccccc3)c2)n1.Cc1nc(-c2cccc(-c3cccc(-c4ccccc4)c3)c2)nc(-c2cccc(-c3cccc(-c4ccccc4)c3)c2)n1.Cc1nc(Cl)nc(N(C)C)n1. The molecule has 16 aromatic carbocycles. The van der Waals surface area contributed by atoms with E-state index < -0.39 is 0 Å². The highest BCUT2D eigenvalue weighted by Gasteiger charge is 2.38. The lowest BCUT2D eigenvalue weighted by Crippen LogP contribution is -2.24. The fourth-order valence-electron chi connectivity index (χ4n) is 18.9. The molecular weight excluding hydrogens is 1870 g/mol. The van der Waals surface area contributed by atoms with Crippen LogP contribution in [0.3, 0.4) is 0 Å². The Morgan fingerprint density at radius 1 is 0.190 bits per heavy atom. The van der Waals surface area contributed by atoms with Gasteiger partial charge in [0.05, 0.1) is 0 Å². The van der Waals surface area contributed by atoms with Crippen LogP contribution in [0.15, 0.2) is 400 Å². The van der Waals surface area contributed by atoms with E-state index in [1.54, 1.807) is 18.7 Å². The van der Waals surface area contributed by atoms with Gasteiger partial charge >= 0.3 is 0 Å². The van der Waals surface area contributed by atoms with Crippen LogP contribution in [0.5, 0.6) is 0 Å². The number of anilines is 2. The highest BCUT2D eigenvalue weighted by Crippen LogP contribution is 2.52. The summed E-state index contributed by atoms with van der Waals surface area (Å²) in [7, 11) is 3.70. The number of nitrogens with zero attached hydrogens (tertiary/aromatic N) is 17. The number of aromatic nitrogens is 15. The van der Waals surface area contributed by atoms with Crippen LogP contribution in [0.2, 0.25) is 15.9 Å². The summed E-state index contributed by atoms with van der Waals surface area (Å²) in [4.78, 5) is 70.9. The van der Waals surface area contributed by atoms with Crippen LogP contribution in [-0.4, -0.2) is 102 Å². The van der Waals surface area contributed by atoms with Crippen LogP contribution in [0.25, 0.3) is 180 Å². The predicted octanol–water partition coefficient (Wildman–Crippen LogP) is 31.4. The first-order valence-electron chi connectivity index (χ1n) is 49.0. The molecule has 5 aromatic heterocycles. The van der Waals surface area contributed by atoms with Crippen molar-refractivity contribution in [2.45, 2.75) is 80.1 Å². The van der Waals surface area contributed by atoms with Gasteiger partial charge in [-0.1, -0.05) is 355 Å². The minimum Gasteiger partial charge on any atom is -0.347 e. The standard InChI is InChI=1S/2C40H29N3.C33H26ClN3.C8H13ClN4.C6H9ClN4/c1-28-41-39(37-24-33(29-14-6-2-7-15-29)22-34(25-37)30-16-8-3-9-17-30)43-40(42-28)38-26-35(31-18-10-4-11-19-31)23-36(27-38)32-20-12-5-13-21-32;1-28-41-39(37-22-10-20-35(26-37)33-18-8-16-31(24-33)29-12-4-2-5-13-29)43-40(42-28)38-23-11-21-36(27-38)34-19-9-17-32(25-34)30-14-6-3-7-15-30;1-32(2)25-11-7-5-9-21(25)23-15-13-19(17-27(23)32)29-35-30(37-31(34)36-29)20-14-16-24-22-10-6-8-12-26(22)33(3,4)28(24)18-20;1-4-13(5-2)8-11-6(3)10-7(9)12-8;1-4-8-5(7)10-6(9-4)11(2)3/h2*2-27H,1H3;5-18H,1-4H3;4-5H2,1-3H3;1-3H3. The number of hydrogen-bond acceptors (Lipinski definition) is 17. The maximum atomic E-state index is 6.48.